The second-order valence-electron chi connectivity index (χ2n) is 5.20. The number of hydrazone groups is 1. The second kappa shape index (κ2) is 9.39. The summed E-state index contributed by atoms with van der Waals surface area (Å²) in [6, 6.07) is 14.1. The van der Waals surface area contributed by atoms with Gasteiger partial charge in [0.2, 0.25) is 0 Å². The normalized spacial score (nSPS) is 10.6. The highest BCUT2D eigenvalue weighted by molar-refractivity contribution is 9.10. The van der Waals surface area contributed by atoms with E-state index in [2.05, 4.69) is 56.9 Å². The van der Waals surface area contributed by atoms with E-state index < -0.39 is 0 Å². The molecule has 0 bridgehead atoms. The topological polar surface area (TPSA) is 45.7 Å². The number of hydrogen-bond donors (Lipinski definition) is 2. The molecule has 0 fully saturated rings. The van der Waals surface area contributed by atoms with Gasteiger partial charge in [0.25, 0.3) is 0 Å². The number of aryl methyl sites for hydroxylation is 1. The predicted molar refractivity (Wildman–Crippen MR) is 107 cm³/mol. The Morgan fingerprint density at radius 2 is 2.12 bits per heavy atom. The first kappa shape index (κ1) is 18.4. The van der Waals surface area contributed by atoms with Crippen LogP contribution in [0.4, 0.5) is 0 Å². The summed E-state index contributed by atoms with van der Waals surface area (Å²) in [7, 11) is 0. The number of nitrogens with zero attached hydrogens (tertiary/aromatic N) is 1. The van der Waals surface area contributed by atoms with Crippen LogP contribution in [0.5, 0.6) is 5.75 Å². The van der Waals surface area contributed by atoms with Gasteiger partial charge in [0.1, 0.15) is 12.4 Å². The van der Waals surface area contributed by atoms with E-state index in [-0.39, 0.29) is 0 Å². The average Bonchev–Trinajstić information content (AvgIpc) is 2.54. The Morgan fingerprint density at radius 1 is 1.29 bits per heavy atom. The van der Waals surface area contributed by atoms with E-state index in [1.165, 1.54) is 5.56 Å². The van der Waals surface area contributed by atoms with Gasteiger partial charge in [-0.05, 0) is 71.3 Å². The Balaban J connectivity index is 1.94. The van der Waals surface area contributed by atoms with Gasteiger partial charge in [0.05, 0.1) is 10.7 Å². The molecule has 2 aromatic rings. The zero-order chi connectivity index (χ0) is 17.4. The van der Waals surface area contributed by atoms with Crippen LogP contribution >= 0.6 is 28.1 Å². The Kier molecular flexibility index (Phi) is 7.21. The maximum absolute atomic E-state index is 5.87. The largest absolute Gasteiger partial charge is 0.488 e. The summed E-state index contributed by atoms with van der Waals surface area (Å²) < 4.78 is 6.75. The standard InChI is InChI=1S/C18H20BrN3OS/c1-3-20-18(24)22-21-11-14-7-8-17(16(19)10-14)23-12-15-6-4-5-13(2)9-15/h4-11H,3,12H2,1-2H3,(H2,20,22,24). The lowest BCUT2D eigenvalue weighted by Gasteiger charge is -2.09. The Hall–Kier alpha value is -1.92. The van der Waals surface area contributed by atoms with Gasteiger partial charge < -0.3 is 10.1 Å². The zero-order valence-corrected chi connectivity index (χ0v) is 16.1. The number of ether oxygens (including phenoxy) is 1. The highest BCUT2D eigenvalue weighted by Gasteiger charge is 2.03. The summed E-state index contributed by atoms with van der Waals surface area (Å²) in [6.45, 7) is 5.35. The van der Waals surface area contributed by atoms with E-state index in [1.54, 1.807) is 6.21 Å². The van der Waals surface area contributed by atoms with Crippen LogP contribution in [-0.2, 0) is 6.61 Å². The van der Waals surface area contributed by atoms with Crippen LogP contribution in [0, 0.1) is 6.92 Å². The molecule has 126 valence electrons. The lowest BCUT2D eigenvalue weighted by molar-refractivity contribution is 0.304. The third kappa shape index (κ3) is 5.94. The van der Waals surface area contributed by atoms with Crippen LogP contribution in [0.3, 0.4) is 0 Å². The van der Waals surface area contributed by atoms with Crippen LogP contribution < -0.4 is 15.5 Å². The minimum Gasteiger partial charge on any atom is -0.488 e. The van der Waals surface area contributed by atoms with E-state index in [0.717, 1.165) is 27.9 Å². The molecule has 0 aromatic heterocycles. The third-order valence-corrected chi connectivity index (χ3v) is 4.01. The van der Waals surface area contributed by atoms with Gasteiger partial charge in [0, 0.05) is 6.54 Å². The molecule has 0 amide bonds. The molecule has 0 radical (unpaired) electrons. The molecule has 0 aliphatic heterocycles. The van der Waals surface area contributed by atoms with Crippen molar-refractivity contribution in [1.29, 1.82) is 0 Å². The molecule has 0 unspecified atom stereocenters. The molecule has 24 heavy (non-hydrogen) atoms. The minimum absolute atomic E-state index is 0.505. The van der Waals surface area contributed by atoms with Crippen molar-refractivity contribution in [3.8, 4) is 5.75 Å². The highest BCUT2D eigenvalue weighted by Crippen LogP contribution is 2.26. The van der Waals surface area contributed by atoms with Crippen molar-refractivity contribution in [2.75, 3.05) is 6.54 Å². The Bertz CT molecular complexity index is 734. The third-order valence-electron chi connectivity index (χ3n) is 3.15. The summed E-state index contributed by atoms with van der Waals surface area (Å²) in [6.07, 6.45) is 1.71. The molecular weight excluding hydrogens is 386 g/mol. The minimum atomic E-state index is 0.505. The van der Waals surface area contributed by atoms with E-state index >= 15 is 0 Å². The fourth-order valence-electron chi connectivity index (χ4n) is 2.04. The van der Waals surface area contributed by atoms with Crippen molar-refractivity contribution in [2.45, 2.75) is 20.5 Å². The van der Waals surface area contributed by atoms with Crippen molar-refractivity contribution in [3.05, 3.63) is 63.6 Å². The summed E-state index contributed by atoms with van der Waals surface area (Å²) in [5.41, 5.74) is 6.08. The molecule has 0 heterocycles. The van der Waals surface area contributed by atoms with Gasteiger partial charge in [-0.25, -0.2) is 0 Å². The number of thiocarbonyl (C=S) groups is 1. The molecule has 0 saturated carbocycles. The molecule has 2 N–H and O–H groups in total. The number of nitrogens with one attached hydrogen (secondary N) is 2. The van der Waals surface area contributed by atoms with Gasteiger partial charge in [-0.1, -0.05) is 29.8 Å². The lowest BCUT2D eigenvalue weighted by Crippen LogP contribution is -2.31. The zero-order valence-electron chi connectivity index (χ0n) is 13.7. The lowest BCUT2D eigenvalue weighted by atomic mass is 10.1. The van der Waals surface area contributed by atoms with Crippen molar-refractivity contribution in [2.24, 2.45) is 5.10 Å². The number of halogens is 1. The van der Waals surface area contributed by atoms with Gasteiger partial charge in [-0.15, -0.1) is 0 Å². The van der Waals surface area contributed by atoms with E-state index in [9.17, 15) is 0 Å². The maximum Gasteiger partial charge on any atom is 0.186 e. The molecular formula is C18H20BrN3OS. The molecule has 0 aliphatic rings. The second-order valence-corrected chi connectivity index (χ2v) is 6.46. The first-order chi connectivity index (χ1) is 11.6. The summed E-state index contributed by atoms with van der Waals surface area (Å²) in [5.74, 6) is 0.796. The number of hydrogen-bond acceptors (Lipinski definition) is 3. The molecule has 2 rings (SSSR count). The Labute approximate surface area is 156 Å². The van der Waals surface area contributed by atoms with Crippen LogP contribution in [-0.4, -0.2) is 17.9 Å². The maximum atomic E-state index is 5.87. The summed E-state index contributed by atoms with van der Waals surface area (Å²) in [5, 5.41) is 7.57. The summed E-state index contributed by atoms with van der Waals surface area (Å²) in [4.78, 5) is 0. The predicted octanol–water partition coefficient (Wildman–Crippen LogP) is 4.15. The molecule has 0 aliphatic carbocycles. The smallest absolute Gasteiger partial charge is 0.186 e. The fraction of sp³-hybridized carbons (Fsp3) is 0.222. The van der Waals surface area contributed by atoms with E-state index in [1.807, 2.05) is 31.2 Å². The van der Waals surface area contributed by atoms with Gasteiger partial charge >= 0.3 is 0 Å². The fourth-order valence-corrected chi connectivity index (χ4v) is 2.75. The SMILES string of the molecule is CCNC(=S)NN=Cc1ccc(OCc2cccc(C)c2)c(Br)c1. The summed E-state index contributed by atoms with van der Waals surface area (Å²) >= 11 is 8.58. The average molecular weight is 406 g/mol. The molecule has 4 nitrogen and oxygen atoms in total. The van der Waals surface area contributed by atoms with Crippen LogP contribution in [0.25, 0.3) is 0 Å². The number of benzene rings is 2. The van der Waals surface area contributed by atoms with Crippen molar-refractivity contribution >= 4 is 39.5 Å². The Morgan fingerprint density at radius 3 is 2.83 bits per heavy atom. The van der Waals surface area contributed by atoms with Crippen molar-refractivity contribution in [1.82, 2.24) is 10.7 Å². The van der Waals surface area contributed by atoms with Crippen molar-refractivity contribution in [3.63, 3.8) is 0 Å². The molecule has 2 aromatic carbocycles. The first-order valence-electron chi connectivity index (χ1n) is 7.63. The van der Waals surface area contributed by atoms with Gasteiger partial charge in [-0.2, -0.15) is 5.10 Å². The van der Waals surface area contributed by atoms with Crippen molar-refractivity contribution < 1.29 is 4.74 Å². The van der Waals surface area contributed by atoms with Crippen LogP contribution in [0.1, 0.15) is 23.6 Å². The van der Waals surface area contributed by atoms with Crippen LogP contribution in [0.15, 0.2) is 52.0 Å². The molecule has 0 spiro atoms. The number of rotatable bonds is 6. The molecule has 0 saturated heterocycles. The monoisotopic (exact) mass is 405 g/mol. The van der Waals surface area contributed by atoms with E-state index in [4.69, 9.17) is 17.0 Å². The van der Waals surface area contributed by atoms with E-state index in [0.29, 0.717) is 11.7 Å². The van der Waals surface area contributed by atoms with Crippen LogP contribution in [0.2, 0.25) is 0 Å². The molecule has 6 heteroatoms. The van der Waals surface area contributed by atoms with Gasteiger partial charge in [-0.3, -0.25) is 5.43 Å². The highest BCUT2D eigenvalue weighted by atomic mass is 79.9. The quantitative estimate of drug-likeness (QED) is 0.430. The van der Waals surface area contributed by atoms with Gasteiger partial charge in [0.15, 0.2) is 5.11 Å². The molecule has 0 atom stereocenters. The first-order valence-corrected chi connectivity index (χ1v) is 8.83.